The summed E-state index contributed by atoms with van der Waals surface area (Å²) >= 11 is 0. The van der Waals surface area contributed by atoms with Gasteiger partial charge in [0.2, 0.25) is 0 Å². The Morgan fingerprint density at radius 2 is 1.94 bits per heavy atom. The lowest BCUT2D eigenvalue weighted by Crippen LogP contribution is -2.27. The maximum Gasteiger partial charge on any atom is 0.251 e. The van der Waals surface area contributed by atoms with E-state index in [1.54, 1.807) is 0 Å². The maximum absolute atomic E-state index is 11.9. The fraction of sp³-hybridized carbons (Fsp3) is 0.417. The Morgan fingerprint density at radius 3 is 2.47 bits per heavy atom. The molecule has 0 bridgehead atoms. The van der Waals surface area contributed by atoms with Crippen LogP contribution in [0.2, 0.25) is 0 Å². The summed E-state index contributed by atoms with van der Waals surface area (Å²) in [5, 5.41) is 6.09. The van der Waals surface area contributed by atoms with Gasteiger partial charge in [-0.1, -0.05) is 22.8 Å². The first-order valence-corrected chi connectivity index (χ1v) is 5.43. The number of amides is 1. The molecular formula is C12H16N4O. The molecule has 1 N–H and O–H groups in total. The third-order valence-electron chi connectivity index (χ3n) is 2.46. The van der Waals surface area contributed by atoms with Crippen LogP contribution in [0.25, 0.3) is 10.4 Å². The van der Waals surface area contributed by atoms with E-state index in [1.807, 2.05) is 32.9 Å². The van der Waals surface area contributed by atoms with Gasteiger partial charge in [0.1, 0.15) is 0 Å². The van der Waals surface area contributed by atoms with Crippen LogP contribution in [0.4, 0.5) is 0 Å². The van der Waals surface area contributed by atoms with Crippen molar-refractivity contribution in [2.45, 2.75) is 20.8 Å². The lowest BCUT2D eigenvalue weighted by Gasteiger charge is -2.11. The fourth-order valence-electron chi connectivity index (χ4n) is 1.89. The number of azide groups is 1. The van der Waals surface area contributed by atoms with Crippen LogP contribution in [-0.4, -0.2) is 19.0 Å². The second kappa shape index (κ2) is 5.92. The molecule has 1 aromatic carbocycles. The van der Waals surface area contributed by atoms with Crippen LogP contribution in [0.1, 0.15) is 27.0 Å². The van der Waals surface area contributed by atoms with Crippen LogP contribution in [-0.2, 0) is 0 Å². The predicted molar refractivity (Wildman–Crippen MR) is 67.0 cm³/mol. The number of aryl methyl sites for hydroxylation is 3. The van der Waals surface area contributed by atoms with E-state index in [-0.39, 0.29) is 12.5 Å². The zero-order chi connectivity index (χ0) is 12.8. The number of rotatable bonds is 4. The van der Waals surface area contributed by atoms with Gasteiger partial charge in [0, 0.05) is 23.6 Å². The Balaban J connectivity index is 2.78. The van der Waals surface area contributed by atoms with Gasteiger partial charge >= 0.3 is 0 Å². The molecule has 0 heterocycles. The minimum Gasteiger partial charge on any atom is -0.352 e. The van der Waals surface area contributed by atoms with E-state index >= 15 is 0 Å². The molecule has 0 atom stereocenters. The van der Waals surface area contributed by atoms with Crippen LogP contribution in [0.5, 0.6) is 0 Å². The molecule has 0 saturated heterocycles. The molecule has 0 aromatic heterocycles. The fourth-order valence-corrected chi connectivity index (χ4v) is 1.89. The number of benzene rings is 1. The predicted octanol–water partition coefficient (Wildman–Crippen LogP) is 2.65. The second-order valence-electron chi connectivity index (χ2n) is 3.98. The summed E-state index contributed by atoms with van der Waals surface area (Å²) in [6.07, 6.45) is 0. The summed E-state index contributed by atoms with van der Waals surface area (Å²) in [5.74, 6) is -0.117. The smallest absolute Gasteiger partial charge is 0.251 e. The van der Waals surface area contributed by atoms with Gasteiger partial charge in [-0.3, -0.25) is 4.79 Å². The summed E-state index contributed by atoms with van der Waals surface area (Å²) in [6, 6.07) is 3.96. The molecule has 0 aliphatic rings. The summed E-state index contributed by atoms with van der Waals surface area (Å²) < 4.78 is 0. The van der Waals surface area contributed by atoms with Crippen LogP contribution < -0.4 is 5.32 Å². The van der Waals surface area contributed by atoms with Crippen LogP contribution >= 0.6 is 0 Å². The lowest BCUT2D eigenvalue weighted by atomic mass is 9.99. The van der Waals surface area contributed by atoms with Crippen molar-refractivity contribution < 1.29 is 4.79 Å². The van der Waals surface area contributed by atoms with Crippen molar-refractivity contribution in [3.8, 4) is 0 Å². The van der Waals surface area contributed by atoms with Gasteiger partial charge in [-0.2, -0.15) is 0 Å². The third kappa shape index (κ3) is 3.50. The standard InChI is InChI=1S/C12H16N4O/c1-8-6-9(2)11(10(3)7-8)12(17)14-4-5-15-16-13/h6-7H,4-5H2,1-3H3,(H,14,17). The van der Waals surface area contributed by atoms with Gasteiger partial charge in [0.05, 0.1) is 0 Å². The number of hydrogen-bond donors (Lipinski definition) is 1. The van der Waals surface area contributed by atoms with Gasteiger partial charge in [0.15, 0.2) is 0 Å². The lowest BCUT2D eigenvalue weighted by molar-refractivity contribution is 0.0953. The van der Waals surface area contributed by atoms with E-state index in [0.717, 1.165) is 16.7 Å². The quantitative estimate of drug-likeness (QED) is 0.368. The average molecular weight is 232 g/mol. The van der Waals surface area contributed by atoms with Crippen molar-refractivity contribution in [1.29, 1.82) is 0 Å². The molecule has 1 rings (SSSR count). The number of carbonyl (C=O) groups excluding carboxylic acids is 1. The first kappa shape index (κ1) is 13.1. The number of carbonyl (C=O) groups is 1. The highest BCUT2D eigenvalue weighted by Crippen LogP contribution is 2.15. The summed E-state index contributed by atoms with van der Waals surface area (Å²) in [4.78, 5) is 14.5. The summed E-state index contributed by atoms with van der Waals surface area (Å²) in [6.45, 7) is 6.47. The number of nitrogens with one attached hydrogen (secondary N) is 1. The molecule has 17 heavy (non-hydrogen) atoms. The van der Waals surface area contributed by atoms with E-state index in [9.17, 15) is 4.79 Å². The molecule has 0 radical (unpaired) electrons. The van der Waals surface area contributed by atoms with Crippen molar-refractivity contribution in [3.63, 3.8) is 0 Å². The molecule has 0 spiro atoms. The van der Waals surface area contributed by atoms with Crippen LogP contribution in [0.3, 0.4) is 0 Å². The Kier molecular flexibility index (Phi) is 4.55. The molecule has 1 aromatic rings. The first-order valence-electron chi connectivity index (χ1n) is 5.43. The van der Waals surface area contributed by atoms with E-state index in [2.05, 4.69) is 15.3 Å². The molecule has 0 aliphatic carbocycles. The number of hydrogen-bond acceptors (Lipinski definition) is 2. The zero-order valence-corrected chi connectivity index (χ0v) is 10.3. The minimum atomic E-state index is -0.117. The molecule has 5 heteroatoms. The Morgan fingerprint density at radius 1 is 1.35 bits per heavy atom. The molecular weight excluding hydrogens is 216 g/mol. The van der Waals surface area contributed by atoms with Crippen LogP contribution in [0.15, 0.2) is 17.2 Å². The number of nitrogens with zero attached hydrogens (tertiary/aromatic N) is 3. The van der Waals surface area contributed by atoms with Crippen molar-refractivity contribution >= 4 is 5.91 Å². The average Bonchev–Trinajstić information content (AvgIpc) is 2.23. The van der Waals surface area contributed by atoms with E-state index in [0.29, 0.717) is 12.1 Å². The Hall–Kier alpha value is -2.00. The van der Waals surface area contributed by atoms with Crippen LogP contribution in [0, 0.1) is 20.8 Å². The van der Waals surface area contributed by atoms with Crippen molar-refractivity contribution in [2.75, 3.05) is 13.1 Å². The Bertz CT molecular complexity index is 452. The minimum absolute atomic E-state index is 0.117. The van der Waals surface area contributed by atoms with E-state index in [4.69, 9.17) is 5.53 Å². The first-order chi connectivity index (χ1) is 8.06. The highest BCUT2D eigenvalue weighted by Gasteiger charge is 2.11. The molecule has 0 unspecified atom stereocenters. The van der Waals surface area contributed by atoms with Gasteiger partial charge in [0.25, 0.3) is 5.91 Å². The zero-order valence-electron chi connectivity index (χ0n) is 10.3. The van der Waals surface area contributed by atoms with Crippen molar-refractivity contribution in [1.82, 2.24) is 5.32 Å². The van der Waals surface area contributed by atoms with Crippen molar-refractivity contribution in [3.05, 3.63) is 44.8 Å². The molecule has 0 aliphatic heterocycles. The highest BCUT2D eigenvalue weighted by atomic mass is 16.1. The molecule has 90 valence electrons. The second-order valence-corrected chi connectivity index (χ2v) is 3.98. The summed E-state index contributed by atoms with van der Waals surface area (Å²) in [5.41, 5.74) is 11.9. The molecule has 5 nitrogen and oxygen atoms in total. The SMILES string of the molecule is Cc1cc(C)c(C(=O)NCCN=[N+]=[N-])c(C)c1. The largest absolute Gasteiger partial charge is 0.352 e. The topological polar surface area (TPSA) is 77.9 Å². The normalized spacial score (nSPS) is 9.59. The van der Waals surface area contributed by atoms with Gasteiger partial charge in [-0.15, -0.1) is 0 Å². The molecule has 1 amide bonds. The third-order valence-corrected chi connectivity index (χ3v) is 2.46. The monoisotopic (exact) mass is 232 g/mol. The summed E-state index contributed by atoms with van der Waals surface area (Å²) in [7, 11) is 0. The highest BCUT2D eigenvalue weighted by molar-refractivity contribution is 5.97. The maximum atomic E-state index is 11.9. The molecule has 0 fully saturated rings. The van der Waals surface area contributed by atoms with Crippen molar-refractivity contribution in [2.24, 2.45) is 5.11 Å². The van der Waals surface area contributed by atoms with Gasteiger partial charge in [-0.25, -0.2) is 0 Å². The Labute approximate surface area is 100 Å². The molecule has 0 saturated carbocycles. The van der Waals surface area contributed by atoms with E-state index in [1.165, 1.54) is 0 Å². The van der Waals surface area contributed by atoms with Gasteiger partial charge < -0.3 is 5.32 Å². The van der Waals surface area contributed by atoms with Gasteiger partial charge in [-0.05, 0) is 37.4 Å². The van der Waals surface area contributed by atoms with E-state index < -0.39 is 0 Å².